The normalized spacial score (nSPS) is 20.9. The van der Waals surface area contributed by atoms with Gasteiger partial charge < -0.3 is 10.0 Å². The summed E-state index contributed by atoms with van der Waals surface area (Å²) in [4.78, 5) is 24.9. The number of carbonyl (C=O) groups is 2. The van der Waals surface area contributed by atoms with E-state index >= 15 is 0 Å². The Kier molecular flexibility index (Phi) is 4.01. The fraction of sp³-hybridized carbons (Fsp3) is 0.538. The van der Waals surface area contributed by atoms with E-state index in [0.717, 1.165) is 18.4 Å². The molecule has 1 aromatic rings. The van der Waals surface area contributed by atoms with Crippen molar-refractivity contribution in [1.29, 1.82) is 0 Å². The molecule has 0 spiro atoms. The molecule has 1 aliphatic rings. The Labute approximate surface area is 110 Å². The van der Waals surface area contributed by atoms with Crippen molar-refractivity contribution in [2.75, 3.05) is 6.54 Å². The van der Waals surface area contributed by atoms with Crippen LogP contribution in [0.4, 0.5) is 0 Å². The lowest BCUT2D eigenvalue weighted by Crippen LogP contribution is -2.39. The fourth-order valence-electron chi connectivity index (χ4n) is 2.45. The van der Waals surface area contributed by atoms with Crippen molar-refractivity contribution in [1.82, 2.24) is 4.90 Å². The first kappa shape index (κ1) is 13.1. The lowest BCUT2D eigenvalue weighted by Gasteiger charge is -2.26. The second kappa shape index (κ2) is 5.52. The van der Waals surface area contributed by atoms with Gasteiger partial charge in [-0.1, -0.05) is 0 Å². The number of hydrogen-bond acceptors (Lipinski definition) is 3. The van der Waals surface area contributed by atoms with E-state index in [4.69, 9.17) is 5.11 Å². The molecular formula is C13H17NO3S. The molecule has 1 saturated heterocycles. The van der Waals surface area contributed by atoms with Crippen molar-refractivity contribution in [2.24, 2.45) is 0 Å². The van der Waals surface area contributed by atoms with Crippen LogP contribution in [0.1, 0.15) is 37.7 Å². The van der Waals surface area contributed by atoms with Gasteiger partial charge in [0, 0.05) is 12.6 Å². The number of hydrogen-bond donors (Lipinski definition) is 1. The van der Waals surface area contributed by atoms with E-state index in [2.05, 4.69) is 0 Å². The highest BCUT2D eigenvalue weighted by Gasteiger charge is 2.33. The van der Waals surface area contributed by atoms with E-state index < -0.39 is 5.97 Å². The van der Waals surface area contributed by atoms with Crippen LogP contribution in [-0.2, 0) is 9.59 Å². The van der Waals surface area contributed by atoms with Crippen molar-refractivity contribution >= 4 is 23.2 Å². The first-order valence-corrected chi connectivity index (χ1v) is 7.08. The van der Waals surface area contributed by atoms with Gasteiger partial charge in [0.25, 0.3) is 0 Å². The highest BCUT2D eigenvalue weighted by molar-refractivity contribution is 7.08. The third-order valence-corrected chi connectivity index (χ3v) is 4.19. The Morgan fingerprint density at radius 1 is 1.61 bits per heavy atom. The summed E-state index contributed by atoms with van der Waals surface area (Å²) in [6.45, 7) is 2.58. The number of carboxylic acids is 1. The van der Waals surface area contributed by atoms with Crippen LogP contribution in [0.25, 0.3) is 0 Å². The lowest BCUT2D eigenvalue weighted by molar-refractivity contribution is -0.140. The number of aliphatic carboxylic acids is 1. The molecule has 0 saturated carbocycles. The SMILES string of the molecule is CC(C(=O)N1CCCC1CC(=O)O)c1ccsc1. The van der Waals surface area contributed by atoms with Crippen molar-refractivity contribution in [3.63, 3.8) is 0 Å². The zero-order chi connectivity index (χ0) is 13.1. The average Bonchev–Trinajstić information content (AvgIpc) is 2.96. The fourth-order valence-corrected chi connectivity index (χ4v) is 3.21. The molecule has 0 radical (unpaired) electrons. The summed E-state index contributed by atoms with van der Waals surface area (Å²) in [6.07, 6.45) is 1.76. The average molecular weight is 267 g/mol. The molecular weight excluding hydrogens is 250 g/mol. The molecule has 1 N–H and O–H groups in total. The van der Waals surface area contributed by atoms with Crippen molar-refractivity contribution in [3.05, 3.63) is 22.4 Å². The molecule has 1 aliphatic heterocycles. The highest BCUT2D eigenvalue weighted by Crippen LogP contribution is 2.27. The monoisotopic (exact) mass is 267 g/mol. The second-order valence-corrected chi connectivity index (χ2v) is 5.48. The number of carboxylic acid groups (broad SMARTS) is 1. The van der Waals surface area contributed by atoms with Crippen LogP contribution in [-0.4, -0.2) is 34.5 Å². The summed E-state index contributed by atoms with van der Waals surface area (Å²) in [5.41, 5.74) is 1.02. The highest BCUT2D eigenvalue weighted by atomic mass is 32.1. The summed E-state index contributed by atoms with van der Waals surface area (Å²) in [7, 11) is 0. The van der Waals surface area contributed by atoms with Gasteiger partial charge >= 0.3 is 5.97 Å². The van der Waals surface area contributed by atoms with Gasteiger partial charge in [0.2, 0.25) is 5.91 Å². The van der Waals surface area contributed by atoms with E-state index in [9.17, 15) is 9.59 Å². The van der Waals surface area contributed by atoms with Crippen molar-refractivity contribution < 1.29 is 14.7 Å². The second-order valence-electron chi connectivity index (χ2n) is 4.70. The third-order valence-electron chi connectivity index (χ3n) is 3.48. The summed E-state index contributed by atoms with van der Waals surface area (Å²) in [5.74, 6) is -0.953. The zero-order valence-electron chi connectivity index (χ0n) is 10.3. The first-order chi connectivity index (χ1) is 8.59. The molecule has 2 heterocycles. The summed E-state index contributed by atoms with van der Waals surface area (Å²) < 4.78 is 0. The van der Waals surface area contributed by atoms with Gasteiger partial charge in [0.1, 0.15) is 0 Å². The van der Waals surface area contributed by atoms with Crippen LogP contribution < -0.4 is 0 Å². The Hall–Kier alpha value is -1.36. The minimum Gasteiger partial charge on any atom is -0.481 e. The molecule has 1 aromatic heterocycles. The Bertz CT molecular complexity index is 429. The molecule has 4 nitrogen and oxygen atoms in total. The van der Waals surface area contributed by atoms with Crippen LogP contribution in [0.5, 0.6) is 0 Å². The maximum absolute atomic E-state index is 12.4. The maximum Gasteiger partial charge on any atom is 0.305 e. The first-order valence-electron chi connectivity index (χ1n) is 6.14. The predicted octanol–water partition coefficient (Wildman–Crippen LogP) is 2.32. The summed E-state index contributed by atoms with van der Waals surface area (Å²) in [5, 5.41) is 12.8. The van der Waals surface area contributed by atoms with Gasteiger partial charge in [-0.2, -0.15) is 11.3 Å². The van der Waals surface area contributed by atoms with E-state index in [1.54, 1.807) is 16.2 Å². The number of amides is 1. The number of nitrogens with zero attached hydrogens (tertiary/aromatic N) is 1. The van der Waals surface area contributed by atoms with Gasteiger partial charge in [-0.3, -0.25) is 9.59 Å². The number of rotatable bonds is 4. The largest absolute Gasteiger partial charge is 0.481 e. The molecule has 0 aromatic carbocycles. The maximum atomic E-state index is 12.4. The molecule has 1 fully saturated rings. The van der Waals surface area contributed by atoms with Gasteiger partial charge in [-0.05, 0) is 42.2 Å². The van der Waals surface area contributed by atoms with Crippen LogP contribution in [0.15, 0.2) is 16.8 Å². The van der Waals surface area contributed by atoms with Crippen LogP contribution >= 0.6 is 11.3 Å². The zero-order valence-corrected chi connectivity index (χ0v) is 11.2. The molecule has 18 heavy (non-hydrogen) atoms. The molecule has 2 unspecified atom stereocenters. The van der Waals surface area contributed by atoms with E-state index in [1.807, 2.05) is 23.8 Å². The molecule has 0 bridgehead atoms. The number of thiophene rings is 1. The Morgan fingerprint density at radius 2 is 2.39 bits per heavy atom. The smallest absolute Gasteiger partial charge is 0.305 e. The van der Waals surface area contributed by atoms with E-state index in [0.29, 0.717) is 6.54 Å². The number of likely N-dealkylation sites (tertiary alicyclic amines) is 1. The molecule has 1 amide bonds. The molecule has 0 aliphatic carbocycles. The van der Waals surface area contributed by atoms with Crippen molar-refractivity contribution in [3.8, 4) is 0 Å². The van der Waals surface area contributed by atoms with Gasteiger partial charge in [0.15, 0.2) is 0 Å². The summed E-state index contributed by atoms with van der Waals surface area (Å²) >= 11 is 1.57. The minimum atomic E-state index is -0.831. The lowest BCUT2D eigenvalue weighted by atomic mass is 10.0. The standard InChI is InChI=1S/C13H17NO3S/c1-9(10-4-6-18-8-10)13(17)14-5-2-3-11(14)7-12(15)16/h4,6,8-9,11H,2-3,5,7H2,1H3,(H,15,16). The van der Waals surface area contributed by atoms with Gasteiger partial charge in [-0.15, -0.1) is 0 Å². The van der Waals surface area contributed by atoms with E-state index in [-0.39, 0.29) is 24.3 Å². The van der Waals surface area contributed by atoms with Crippen LogP contribution in [0.3, 0.4) is 0 Å². The third kappa shape index (κ3) is 2.72. The number of carbonyl (C=O) groups excluding carboxylic acids is 1. The van der Waals surface area contributed by atoms with E-state index in [1.165, 1.54) is 0 Å². The van der Waals surface area contributed by atoms with Crippen LogP contribution in [0, 0.1) is 0 Å². The summed E-state index contributed by atoms with van der Waals surface area (Å²) in [6, 6.07) is 1.83. The van der Waals surface area contributed by atoms with Crippen LogP contribution in [0.2, 0.25) is 0 Å². The quantitative estimate of drug-likeness (QED) is 0.910. The Balaban J connectivity index is 2.06. The molecule has 2 rings (SSSR count). The molecule has 2 atom stereocenters. The van der Waals surface area contributed by atoms with Gasteiger partial charge in [-0.25, -0.2) is 0 Å². The van der Waals surface area contributed by atoms with Gasteiger partial charge in [0.05, 0.1) is 12.3 Å². The Morgan fingerprint density at radius 3 is 3.00 bits per heavy atom. The van der Waals surface area contributed by atoms with Crippen molar-refractivity contribution in [2.45, 2.75) is 38.1 Å². The molecule has 98 valence electrons. The topological polar surface area (TPSA) is 57.6 Å². The molecule has 5 heteroatoms. The predicted molar refractivity (Wildman–Crippen MR) is 69.7 cm³/mol. The minimum absolute atomic E-state index is 0.0529.